The topological polar surface area (TPSA) is 71.4 Å². The van der Waals surface area contributed by atoms with Gasteiger partial charge in [-0.25, -0.2) is 0 Å². The van der Waals surface area contributed by atoms with Gasteiger partial charge in [-0.1, -0.05) is 0 Å². The van der Waals surface area contributed by atoms with Crippen LogP contribution in [0.25, 0.3) is 0 Å². The van der Waals surface area contributed by atoms with Gasteiger partial charge in [0.1, 0.15) is 0 Å². The SMILES string of the molecule is N#CC(=O)Nc1ccc2c(c1)OCO2. The van der Waals surface area contributed by atoms with Crippen LogP contribution < -0.4 is 14.8 Å². The van der Waals surface area contributed by atoms with Gasteiger partial charge in [0.05, 0.1) is 0 Å². The fourth-order valence-electron chi connectivity index (χ4n) is 1.13. The summed E-state index contributed by atoms with van der Waals surface area (Å²) in [6, 6.07) is 6.39. The molecule has 0 spiro atoms. The number of ether oxygens (including phenoxy) is 2. The van der Waals surface area contributed by atoms with Crippen molar-refractivity contribution in [2.75, 3.05) is 12.1 Å². The number of nitrogens with zero attached hydrogens (tertiary/aromatic N) is 1. The van der Waals surface area contributed by atoms with Gasteiger partial charge in [-0.15, -0.1) is 0 Å². The summed E-state index contributed by atoms with van der Waals surface area (Å²) in [4.78, 5) is 10.7. The van der Waals surface area contributed by atoms with Crippen molar-refractivity contribution < 1.29 is 14.3 Å². The minimum absolute atomic E-state index is 0.185. The maximum absolute atomic E-state index is 10.7. The molecule has 0 fully saturated rings. The van der Waals surface area contributed by atoms with E-state index in [4.69, 9.17) is 14.7 Å². The number of fused-ring (bicyclic) bond motifs is 1. The number of hydrogen-bond acceptors (Lipinski definition) is 4. The first-order chi connectivity index (χ1) is 6.79. The maximum Gasteiger partial charge on any atom is 0.326 e. The molecule has 0 aliphatic carbocycles. The van der Waals surface area contributed by atoms with E-state index in [2.05, 4.69) is 5.32 Å². The summed E-state index contributed by atoms with van der Waals surface area (Å²) in [6.07, 6.45) is 0. The largest absolute Gasteiger partial charge is 0.454 e. The van der Waals surface area contributed by atoms with Crippen LogP contribution in [0.3, 0.4) is 0 Å². The Kier molecular flexibility index (Phi) is 1.95. The number of carbonyl (C=O) groups excluding carboxylic acids is 1. The number of benzene rings is 1. The van der Waals surface area contributed by atoms with Gasteiger partial charge in [0.2, 0.25) is 6.79 Å². The Morgan fingerprint density at radius 2 is 2.21 bits per heavy atom. The molecule has 0 atom stereocenters. The average Bonchev–Trinajstić information content (AvgIpc) is 2.64. The quantitative estimate of drug-likeness (QED) is 0.667. The summed E-state index contributed by atoms with van der Waals surface area (Å²) in [6.45, 7) is 0.185. The van der Waals surface area contributed by atoms with Gasteiger partial charge < -0.3 is 14.8 Å². The zero-order chi connectivity index (χ0) is 9.97. The number of nitriles is 1. The molecule has 1 amide bonds. The van der Waals surface area contributed by atoms with Crippen molar-refractivity contribution in [2.45, 2.75) is 0 Å². The van der Waals surface area contributed by atoms with Crippen LogP contribution >= 0.6 is 0 Å². The molecule has 1 aliphatic heterocycles. The van der Waals surface area contributed by atoms with Gasteiger partial charge in [0, 0.05) is 11.8 Å². The van der Waals surface area contributed by atoms with Crippen molar-refractivity contribution >= 4 is 11.6 Å². The lowest BCUT2D eigenvalue weighted by Crippen LogP contribution is -2.07. The predicted octanol–water partition coefficient (Wildman–Crippen LogP) is 0.877. The molecular formula is C9H6N2O3. The number of hydrogen-bond donors (Lipinski definition) is 1. The van der Waals surface area contributed by atoms with Gasteiger partial charge in [-0.3, -0.25) is 4.79 Å². The number of amides is 1. The van der Waals surface area contributed by atoms with Crippen LogP contribution in [0.5, 0.6) is 11.5 Å². The van der Waals surface area contributed by atoms with Crippen molar-refractivity contribution in [1.82, 2.24) is 0 Å². The fourth-order valence-corrected chi connectivity index (χ4v) is 1.13. The summed E-state index contributed by atoms with van der Waals surface area (Å²) < 4.78 is 10.2. The van der Waals surface area contributed by atoms with Crippen LogP contribution in [-0.4, -0.2) is 12.7 Å². The molecule has 1 aromatic rings. The lowest BCUT2D eigenvalue weighted by molar-refractivity contribution is -0.111. The zero-order valence-electron chi connectivity index (χ0n) is 7.11. The maximum atomic E-state index is 10.7. The van der Waals surface area contributed by atoms with Gasteiger partial charge in [0.25, 0.3) is 0 Å². The van der Waals surface area contributed by atoms with E-state index in [0.717, 1.165) is 0 Å². The number of rotatable bonds is 1. The normalized spacial score (nSPS) is 11.9. The minimum atomic E-state index is -0.705. The Balaban J connectivity index is 2.21. The second-order valence-corrected chi connectivity index (χ2v) is 2.63. The number of anilines is 1. The highest BCUT2D eigenvalue weighted by Crippen LogP contribution is 2.34. The van der Waals surface area contributed by atoms with E-state index in [0.29, 0.717) is 17.2 Å². The van der Waals surface area contributed by atoms with Crippen molar-refractivity contribution in [3.05, 3.63) is 18.2 Å². The summed E-state index contributed by atoms with van der Waals surface area (Å²) in [7, 11) is 0. The van der Waals surface area contributed by atoms with Gasteiger partial charge in [-0.05, 0) is 12.1 Å². The highest BCUT2D eigenvalue weighted by atomic mass is 16.7. The summed E-state index contributed by atoms with van der Waals surface area (Å²) in [5, 5.41) is 10.7. The molecule has 1 aromatic carbocycles. The van der Waals surface area contributed by atoms with E-state index in [1.807, 2.05) is 0 Å². The fraction of sp³-hybridized carbons (Fsp3) is 0.111. The van der Waals surface area contributed by atoms with Crippen molar-refractivity contribution in [1.29, 1.82) is 5.26 Å². The lowest BCUT2D eigenvalue weighted by atomic mass is 10.3. The summed E-state index contributed by atoms with van der Waals surface area (Å²) >= 11 is 0. The van der Waals surface area contributed by atoms with Crippen molar-refractivity contribution in [2.24, 2.45) is 0 Å². The second-order valence-electron chi connectivity index (χ2n) is 2.63. The molecule has 5 heteroatoms. The Bertz CT molecular complexity index is 423. The van der Waals surface area contributed by atoms with E-state index in [1.54, 1.807) is 18.2 Å². The zero-order valence-corrected chi connectivity index (χ0v) is 7.11. The van der Waals surface area contributed by atoms with Crippen molar-refractivity contribution in [3.63, 3.8) is 0 Å². The molecule has 70 valence electrons. The van der Waals surface area contributed by atoms with E-state index in [-0.39, 0.29) is 6.79 Å². The molecule has 0 bridgehead atoms. The monoisotopic (exact) mass is 190 g/mol. The predicted molar refractivity (Wildman–Crippen MR) is 46.8 cm³/mol. The molecule has 1 aliphatic rings. The smallest absolute Gasteiger partial charge is 0.326 e. The molecule has 2 rings (SSSR count). The number of carbonyl (C=O) groups is 1. The van der Waals surface area contributed by atoms with Crippen LogP contribution in [0.15, 0.2) is 18.2 Å². The van der Waals surface area contributed by atoms with Gasteiger partial charge in [0.15, 0.2) is 17.6 Å². The first-order valence-electron chi connectivity index (χ1n) is 3.90. The van der Waals surface area contributed by atoms with Gasteiger partial charge >= 0.3 is 5.91 Å². The highest BCUT2D eigenvalue weighted by Gasteiger charge is 2.13. The van der Waals surface area contributed by atoms with Crippen LogP contribution in [0.4, 0.5) is 5.69 Å². The lowest BCUT2D eigenvalue weighted by Gasteiger charge is -2.01. The molecule has 14 heavy (non-hydrogen) atoms. The molecule has 1 heterocycles. The van der Waals surface area contributed by atoms with E-state index in [9.17, 15) is 4.79 Å². The third-order valence-electron chi connectivity index (χ3n) is 1.73. The Morgan fingerprint density at radius 1 is 1.43 bits per heavy atom. The molecule has 0 unspecified atom stereocenters. The summed E-state index contributed by atoms with van der Waals surface area (Å²) in [5.74, 6) is 0.504. The van der Waals surface area contributed by atoms with E-state index >= 15 is 0 Å². The van der Waals surface area contributed by atoms with Crippen LogP contribution in [-0.2, 0) is 4.79 Å². The second kappa shape index (κ2) is 3.26. The van der Waals surface area contributed by atoms with Crippen LogP contribution in [0.2, 0.25) is 0 Å². The highest BCUT2D eigenvalue weighted by molar-refractivity contribution is 6.02. The van der Waals surface area contributed by atoms with E-state index < -0.39 is 5.91 Å². The molecular weight excluding hydrogens is 184 g/mol. The molecule has 5 nitrogen and oxygen atoms in total. The third kappa shape index (κ3) is 1.45. The standard InChI is InChI=1S/C9H6N2O3/c10-4-9(12)11-6-1-2-7-8(3-6)14-5-13-7/h1-3H,5H2,(H,11,12). The third-order valence-corrected chi connectivity index (χ3v) is 1.73. The Labute approximate surface area is 79.9 Å². The molecule has 0 aromatic heterocycles. The molecule has 0 saturated carbocycles. The molecule has 1 N–H and O–H groups in total. The van der Waals surface area contributed by atoms with Crippen LogP contribution in [0, 0.1) is 11.3 Å². The molecule has 0 radical (unpaired) electrons. The minimum Gasteiger partial charge on any atom is -0.454 e. The Hall–Kier alpha value is -2.22. The molecule has 0 saturated heterocycles. The first-order valence-corrected chi connectivity index (χ1v) is 3.90. The average molecular weight is 190 g/mol. The van der Waals surface area contributed by atoms with Crippen LogP contribution in [0.1, 0.15) is 0 Å². The Morgan fingerprint density at radius 3 is 3.00 bits per heavy atom. The van der Waals surface area contributed by atoms with Gasteiger partial charge in [-0.2, -0.15) is 5.26 Å². The number of nitrogens with one attached hydrogen (secondary N) is 1. The summed E-state index contributed by atoms with van der Waals surface area (Å²) in [5.41, 5.74) is 0.515. The first kappa shape index (κ1) is 8.38. The van der Waals surface area contributed by atoms with Crippen molar-refractivity contribution in [3.8, 4) is 17.6 Å². The van der Waals surface area contributed by atoms with E-state index in [1.165, 1.54) is 6.07 Å².